The Hall–Kier alpha value is -2.31. The Balaban J connectivity index is 1.91. The van der Waals surface area contributed by atoms with Crippen LogP contribution >= 0.6 is 23.2 Å². The van der Waals surface area contributed by atoms with E-state index in [-0.39, 0.29) is 50.7 Å². The average molecular weight is 533 g/mol. The highest BCUT2D eigenvalue weighted by molar-refractivity contribution is 6.37. The molecular formula is C28H34Cl2N2O4. The van der Waals surface area contributed by atoms with E-state index in [2.05, 4.69) is 44.8 Å². The molecule has 8 heteroatoms. The number of rotatable bonds is 5. The molecule has 1 aromatic carbocycles. The fourth-order valence-electron chi connectivity index (χ4n) is 5.86. The van der Waals surface area contributed by atoms with Crippen molar-refractivity contribution in [1.82, 2.24) is 10.2 Å². The summed E-state index contributed by atoms with van der Waals surface area (Å²) in [5.41, 5.74) is 3.69. The lowest BCUT2D eigenvalue weighted by Gasteiger charge is -2.49. The highest BCUT2D eigenvalue weighted by Crippen LogP contribution is 2.55. The van der Waals surface area contributed by atoms with Crippen LogP contribution in [0.25, 0.3) is 0 Å². The molecular weight excluding hydrogens is 499 g/mol. The summed E-state index contributed by atoms with van der Waals surface area (Å²) < 4.78 is 5.57. The number of allylic oxidation sites excluding steroid dienone is 4. The van der Waals surface area contributed by atoms with Gasteiger partial charge in [0, 0.05) is 54.9 Å². The van der Waals surface area contributed by atoms with E-state index in [0.29, 0.717) is 36.1 Å². The molecule has 0 saturated carbocycles. The smallest absolute Gasteiger partial charge is 0.257 e. The van der Waals surface area contributed by atoms with Crippen molar-refractivity contribution in [3.63, 3.8) is 0 Å². The van der Waals surface area contributed by atoms with Gasteiger partial charge in [-0.25, -0.2) is 0 Å². The highest BCUT2D eigenvalue weighted by atomic mass is 35.5. The van der Waals surface area contributed by atoms with Gasteiger partial charge in [0.2, 0.25) is 0 Å². The molecule has 1 amide bonds. The first-order valence-corrected chi connectivity index (χ1v) is 13.2. The Morgan fingerprint density at radius 2 is 1.44 bits per heavy atom. The van der Waals surface area contributed by atoms with E-state index in [1.807, 2.05) is 0 Å². The Morgan fingerprint density at radius 3 is 1.86 bits per heavy atom. The zero-order valence-corrected chi connectivity index (χ0v) is 23.3. The van der Waals surface area contributed by atoms with Crippen LogP contribution in [-0.2, 0) is 14.4 Å². The number of nitrogens with zero attached hydrogens (tertiary/aromatic N) is 1. The van der Waals surface area contributed by atoms with E-state index >= 15 is 0 Å². The second-order valence-electron chi connectivity index (χ2n) is 11.6. The molecule has 0 aromatic heterocycles. The van der Waals surface area contributed by atoms with Crippen LogP contribution in [0.3, 0.4) is 0 Å². The molecule has 1 aliphatic heterocycles. The molecule has 4 rings (SSSR count). The zero-order valence-electron chi connectivity index (χ0n) is 21.8. The van der Waals surface area contributed by atoms with Gasteiger partial charge < -0.3 is 15.0 Å². The molecule has 0 unspecified atom stereocenters. The summed E-state index contributed by atoms with van der Waals surface area (Å²) in [6.07, 6.45) is 2.32. The van der Waals surface area contributed by atoms with Crippen molar-refractivity contribution in [2.45, 2.75) is 66.2 Å². The van der Waals surface area contributed by atoms with Crippen LogP contribution in [0.15, 0.2) is 34.7 Å². The summed E-state index contributed by atoms with van der Waals surface area (Å²) in [6.45, 7) is 11.0. The predicted molar refractivity (Wildman–Crippen MR) is 141 cm³/mol. The number of amides is 1. The number of ether oxygens (including phenoxy) is 1. The molecule has 0 radical (unpaired) electrons. The number of ketones is 2. The van der Waals surface area contributed by atoms with E-state index in [1.165, 1.54) is 7.05 Å². The van der Waals surface area contributed by atoms with E-state index in [0.717, 1.165) is 24.2 Å². The van der Waals surface area contributed by atoms with Crippen molar-refractivity contribution in [2.24, 2.45) is 10.8 Å². The third kappa shape index (κ3) is 4.82. The maximum Gasteiger partial charge on any atom is 0.257 e. The summed E-state index contributed by atoms with van der Waals surface area (Å²) in [4.78, 5) is 41.3. The summed E-state index contributed by atoms with van der Waals surface area (Å²) >= 11 is 13.2. The third-order valence-electron chi connectivity index (χ3n) is 7.32. The van der Waals surface area contributed by atoms with Crippen molar-refractivity contribution < 1.29 is 19.1 Å². The number of likely N-dealkylation sites (N-methyl/N-ethyl adjacent to an activating group) is 1. The van der Waals surface area contributed by atoms with Gasteiger partial charge in [-0.15, -0.1) is 0 Å². The predicted octanol–water partition coefficient (Wildman–Crippen LogP) is 5.82. The standard InChI is InChI=1S/C28H34Cl2N2O4/c1-7-32-18-10-27(2,3)12-20(33)24(18)23(25-19(32)11-28(4,5)13-21(25)34)15-8-16(29)26(17(30)9-15)36-14-22(35)31-6/h8-9,23H,7,10-14H2,1-6H3,(H,31,35). The van der Waals surface area contributed by atoms with Crippen LogP contribution in [0.5, 0.6) is 5.75 Å². The number of hydrogen-bond donors (Lipinski definition) is 1. The van der Waals surface area contributed by atoms with Gasteiger partial charge >= 0.3 is 0 Å². The Kier molecular flexibility index (Phi) is 7.08. The molecule has 1 aromatic rings. The summed E-state index contributed by atoms with van der Waals surface area (Å²) in [5.74, 6) is -0.531. The SMILES string of the molecule is CCN1C2=C(C(=O)CC(C)(C)C2)C(c2cc(Cl)c(OCC(=O)NC)c(Cl)c2)C2=C1CC(C)(C)CC2=O. The summed E-state index contributed by atoms with van der Waals surface area (Å²) in [5, 5.41) is 2.95. The summed E-state index contributed by atoms with van der Waals surface area (Å²) in [7, 11) is 1.52. The van der Waals surface area contributed by atoms with Gasteiger partial charge in [-0.1, -0.05) is 50.9 Å². The van der Waals surface area contributed by atoms with Gasteiger partial charge in [-0.05, 0) is 48.3 Å². The molecule has 1 heterocycles. The zero-order chi connectivity index (χ0) is 26.6. The van der Waals surface area contributed by atoms with Gasteiger partial charge in [0.15, 0.2) is 23.9 Å². The van der Waals surface area contributed by atoms with Crippen LogP contribution in [0.4, 0.5) is 0 Å². The van der Waals surface area contributed by atoms with E-state index < -0.39 is 5.92 Å². The number of carbonyl (C=O) groups is 3. The normalized spacial score (nSPS) is 21.4. The average Bonchev–Trinajstić information content (AvgIpc) is 2.75. The van der Waals surface area contributed by atoms with Crippen LogP contribution in [0, 0.1) is 10.8 Å². The first kappa shape index (κ1) is 26.7. The van der Waals surface area contributed by atoms with E-state index in [9.17, 15) is 14.4 Å². The minimum atomic E-state index is -0.534. The minimum Gasteiger partial charge on any atom is -0.481 e. The van der Waals surface area contributed by atoms with Crippen LogP contribution in [0.2, 0.25) is 10.0 Å². The molecule has 1 N–H and O–H groups in total. The number of nitrogens with one attached hydrogen (secondary N) is 1. The van der Waals surface area contributed by atoms with E-state index in [4.69, 9.17) is 27.9 Å². The fraction of sp³-hybridized carbons (Fsp3) is 0.536. The number of carbonyl (C=O) groups excluding carboxylic acids is 3. The lowest BCUT2D eigenvalue weighted by molar-refractivity contribution is -0.123. The van der Waals surface area contributed by atoms with E-state index in [1.54, 1.807) is 12.1 Å². The van der Waals surface area contributed by atoms with Gasteiger partial charge in [0.1, 0.15) is 0 Å². The number of Topliss-reactive ketones (excluding diaryl/α,β-unsaturated/α-hetero) is 2. The Bertz CT molecular complexity index is 1130. The second-order valence-corrected chi connectivity index (χ2v) is 12.4. The monoisotopic (exact) mass is 532 g/mol. The molecule has 6 nitrogen and oxygen atoms in total. The van der Waals surface area contributed by atoms with Crippen LogP contribution in [0.1, 0.15) is 71.8 Å². The highest BCUT2D eigenvalue weighted by Gasteiger charge is 2.48. The molecule has 0 bridgehead atoms. The van der Waals surface area contributed by atoms with Crippen molar-refractivity contribution in [3.05, 3.63) is 50.3 Å². The quantitative estimate of drug-likeness (QED) is 0.516. The van der Waals surface area contributed by atoms with Crippen molar-refractivity contribution in [1.29, 1.82) is 0 Å². The largest absolute Gasteiger partial charge is 0.481 e. The minimum absolute atomic E-state index is 0.0565. The number of hydrogen-bond acceptors (Lipinski definition) is 5. The van der Waals surface area contributed by atoms with Crippen LogP contribution in [-0.4, -0.2) is 42.6 Å². The first-order valence-electron chi connectivity index (χ1n) is 12.4. The molecule has 0 saturated heterocycles. The molecule has 194 valence electrons. The Labute approximate surface area is 223 Å². The van der Waals surface area contributed by atoms with Gasteiger partial charge in [-0.3, -0.25) is 14.4 Å². The van der Waals surface area contributed by atoms with Crippen molar-refractivity contribution in [3.8, 4) is 5.75 Å². The third-order valence-corrected chi connectivity index (χ3v) is 7.88. The number of halogens is 2. The molecule has 3 aliphatic rings. The maximum absolute atomic E-state index is 13.7. The summed E-state index contributed by atoms with van der Waals surface area (Å²) in [6, 6.07) is 3.43. The second kappa shape index (κ2) is 9.53. The lowest BCUT2D eigenvalue weighted by atomic mass is 9.63. The van der Waals surface area contributed by atoms with Crippen molar-refractivity contribution >= 4 is 40.7 Å². The molecule has 0 spiro atoms. The maximum atomic E-state index is 13.7. The van der Waals surface area contributed by atoms with Crippen molar-refractivity contribution in [2.75, 3.05) is 20.2 Å². The fourth-order valence-corrected chi connectivity index (χ4v) is 6.47. The molecule has 2 aliphatic carbocycles. The topological polar surface area (TPSA) is 75.7 Å². The molecule has 36 heavy (non-hydrogen) atoms. The lowest BCUT2D eigenvalue weighted by Crippen LogP contribution is -2.44. The number of benzene rings is 1. The van der Waals surface area contributed by atoms with Crippen LogP contribution < -0.4 is 10.1 Å². The molecule has 0 fully saturated rings. The van der Waals surface area contributed by atoms with Gasteiger partial charge in [0.25, 0.3) is 5.91 Å². The molecule has 0 atom stereocenters. The van der Waals surface area contributed by atoms with Gasteiger partial charge in [0.05, 0.1) is 10.0 Å². The Morgan fingerprint density at radius 1 is 0.972 bits per heavy atom. The first-order chi connectivity index (χ1) is 16.8. The van der Waals surface area contributed by atoms with Gasteiger partial charge in [-0.2, -0.15) is 0 Å².